The lowest BCUT2D eigenvalue weighted by Gasteiger charge is -1.89. The molecule has 0 saturated heterocycles. The smallest absolute Gasteiger partial charge is 0.0738 e. The standard InChI is InChI=1S/C6H8I2O2/c7-5(3-9)1-2-6(8)4-10/h1-2,9-10H,3-4H2/b5-1-,6-2+. The van der Waals surface area contributed by atoms with Gasteiger partial charge in [0.25, 0.3) is 0 Å². The molecule has 0 radical (unpaired) electrons. The summed E-state index contributed by atoms with van der Waals surface area (Å²) >= 11 is 4.07. The maximum absolute atomic E-state index is 8.55. The Balaban J connectivity index is 3.91. The lowest BCUT2D eigenvalue weighted by atomic mass is 10.4. The van der Waals surface area contributed by atoms with Gasteiger partial charge in [0.2, 0.25) is 0 Å². The van der Waals surface area contributed by atoms with Gasteiger partial charge in [-0.3, -0.25) is 0 Å². The third-order valence-electron chi connectivity index (χ3n) is 0.747. The van der Waals surface area contributed by atoms with Crippen molar-refractivity contribution in [3.05, 3.63) is 19.3 Å². The van der Waals surface area contributed by atoms with Crippen LogP contribution in [-0.2, 0) is 0 Å². The van der Waals surface area contributed by atoms with Crippen LogP contribution in [-0.4, -0.2) is 23.4 Å². The highest BCUT2D eigenvalue weighted by Crippen LogP contribution is 2.08. The Kier molecular flexibility index (Phi) is 7.13. The number of hydrogen-bond donors (Lipinski definition) is 2. The average molecular weight is 366 g/mol. The van der Waals surface area contributed by atoms with Gasteiger partial charge in [0.05, 0.1) is 13.2 Å². The van der Waals surface area contributed by atoms with E-state index in [4.69, 9.17) is 10.2 Å². The fourth-order valence-corrected chi connectivity index (χ4v) is 0.646. The van der Waals surface area contributed by atoms with Crippen LogP contribution >= 0.6 is 45.2 Å². The van der Waals surface area contributed by atoms with Gasteiger partial charge in [-0.25, -0.2) is 0 Å². The first-order chi connectivity index (χ1) is 4.70. The Morgan fingerprint density at radius 1 is 1.00 bits per heavy atom. The van der Waals surface area contributed by atoms with Crippen LogP contribution in [0.25, 0.3) is 0 Å². The zero-order chi connectivity index (χ0) is 7.98. The van der Waals surface area contributed by atoms with Gasteiger partial charge < -0.3 is 10.2 Å². The van der Waals surface area contributed by atoms with Crippen molar-refractivity contribution in [1.29, 1.82) is 0 Å². The summed E-state index contributed by atoms with van der Waals surface area (Å²) in [6, 6.07) is 0. The summed E-state index contributed by atoms with van der Waals surface area (Å²) in [5.74, 6) is 0. The highest BCUT2D eigenvalue weighted by atomic mass is 127. The quantitative estimate of drug-likeness (QED) is 0.589. The zero-order valence-corrected chi connectivity index (χ0v) is 9.53. The van der Waals surface area contributed by atoms with E-state index in [-0.39, 0.29) is 13.2 Å². The van der Waals surface area contributed by atoms with Crippen LogP contribution in [0.5, 0.6) is 0 Å². The normalized spacial score (nSPS) is 14.0. The van der Waals surface area contributed by atoms with E-state index in [1.165, 1.54) is 0 Å². The van der Waals surface area contributed by atoms with Crippen molar-refractivity contribution in [2.75, 3.05) is 13.2 Å². The molecule has 4 heteroatoms. The van der Waals surface area contributed by atoms with Crippen LogP contribution in [0.15, 0.2) is 19.3 Å². The molecule has 0 fully saturated rings. The van der Waals surface area contributed by atoms with Crippen LogP contribution < -0.4 is 0 Å². The summed E-state index contributed by atoms with van der Waals surface area (Å²) in [6.07, 6.45) is 3.55. The molecule has 0 aliphatic carbocycles. The summed E-state index contributed by atoms with van der Waals surface area (Å²) in [6.45, 7) is 0.124. The minimum absolute atomic E-state index is 0.0619. The fourth-order valence-electron chi connectivity index (χ4n) is 0.286. The van der Waals surface area contributed by atoms with Crippen LogP contribution in [0.1, 0.15) is 0 Å². The molecular weight excluding hydrogens is 358 g/mol. The van der Waals surface area contributed by atoms with Crippen LogP contribution in [0.2, 0.25) is 0 Å². The first kappa shape index (κ1) is 10.9. The molecule has 0 rings (SSSR count). The number of hydrogen-bond acceptors (Lipinski definition) is 2. The first-order valence-corrected chi connectivity index (χ1v) is 4.79. The molecule has 58 valence electrons. The van der Waals surface area contributed by atoms with Crippen LogP contribution in [0.3, 0.4) is 0 Å². The summed E-state index contributed by atoms with van der Waals surface area (Å²) in [5, 5.41) is 17.1. The molecule has 0 aromatic carbocycles. The predicted octanol–water partition coefficient (Wildman–Crippen LogP) is 1.61. The van der Waals surface area contributed by atoms with Crippen molar-refractivity contribution >= 4 is 45.2 Å². The average Bonchev–Trinajstić information content (AvgIpc) is 1.99. The number of aliphatic hydroxyl groups is 2. The molecule has 0 aliphatic rings. The molecule has 0 saturated carbocycles. The summed E-state index contributed by atoms with van der Waals surface area (Å²) < 4.78 is 1.72. The van der Waals surface area contributed by atoms with Crippen molar-refractivity contribution in [2.24, 2.45) is 0 Å². The van der Waals surface area contributed by atoms with Crippen molar-refractivity contribution in [3.63, 3.8) is 0 Å². The van der Waals surface area contributed by atoms with Crippen molar-refractivity contribution in [2.45, 2.75) is 0 Å². The molecule has 0 aliphatic heterocycles. The maximum Gasteiger partial charge on any atom is 0.0738 e. The van der Waals surface area contributed by atoms with Gasteiger partial charge in [-0.2, -0.15) is 0 Å². The first-order valence-electron chi connectivity index (χ1n) is 2.63. The molecule has 0 heterocycles. The number of halogens is 2. The Bertz CT molecular complexity index is 134. The summed E-state index contributed by atoms with van der Waals surface area (Å²) in [4.78, 5) is 0. The largest absolute Gasteiger partial charge is 0.391 e. The van der Waals surface area contributed by atoms with Gasteiger partial charge >= 0.3 is 0 Å². The third-order valence-corrected chi connectivity index (χ3v) is 2.15. The van der Waals surface area contributed by atoms with E-state index in [1.807, 2.05) is 45.2 Å². The number of aliphatic hydroxyl groups excluding tert-OH is 2. The van der Waals surface area contributed by atoms with Crippen molar-refractivity contribution in [3.8, 4) is 0 Å². The Hall–Kier alpha value is 0.860. The molecule has 2 N–H and O–H groups in total. The molecule has 0 unspecified atom stereocenters. The van der Waals surface area contributed by atoms with E-state index in [2.05, 4.69) is 0 Å². The van der Waals surface area contributed by atoms with E-state index in [0.717, 1.165) is 7.16 Å². The second-order valence-electron chi connectivity index (χ2n) is 1.54. The van der Waals surface area contributed by atoms with Gasteiger partial charge in [-0.15, -0.1) is 0 Å². The van der Waals surface area contributed by atoms with Gasteiger partial charge in [0.15, 0.2) is 0 Å². The molecule has 0 bridgehead atoms. The molecule has 0 amide bonds. The summed E-state index contributed by atoms with van der Waals surface area (Å²) in [5.41, 5.74) is 0. The van der Waals surface area contributed by atoms with Gasteiger partial charge in [0.1, 0.15) is 0 Å². The Labute approximate surface area is 87.3 Å². The second kappa shape index (κ2) is 6.56. The minimum Gasteiger partial charge on any atom is -0.391 e. The summed E-state index contributed by atoms with van der Waals surface area (Å²) in [7, 11) is 0. The lowest BCUT2D eigenvalue weighted by Crippen LogP contribution is -1.80. The van der Waals surface area contributed by atoms with Gasteiger partial charge in [-0.1, -0.05) is 0 Å². The Morgan fingerprint density at radius 2 is 1.30 bits per heavy atom. The number of allylic oxidation sites excluding steroid dienone is 2. The number of rotatable bonds is 3. The maximum atomic E-state index is 8.55. The minimum atomic E-state index is 0.0619. The third kappa shape index (κ3) is 5.63. The molecular formula is C6H8I2O2. The van der Waals surface area contributed by atoms with E-state index in [1.54, 1.807) is 12.2 Å². The molecule has 0 aromatic heterocycles. The van der Waals surface area contributed by atoms with E-state index in [0.29, 0.717) is 0 Å². The molecule has 2 nitrogen and oxygen atoms in total. The van der Waals surface area contributed by atoms with Crippen LogP contribution in [0, 0.1) is 0 Å². The molecule has 0 aromatic rings. The van der Waals surface area contributed by atoms with E-state index >= 15 is 0 Å². The Morgan fingerprint density at radius 3 is 1.50 bits per heavy atom. The molecule has 10 heavy (non-hydrogen) atoms. The highest BCUT2D eigenvalue weighted by Gasteiger charge is 1.86. The highest BCUT2D eigenvalue weighted by molar-refractivity contribution is 14.1. The van der Waals surface area contributed by atoms with Crippen molar-refractivity contribution in [1.82, 2.24) is 0 Å². The SMILES string of the molecule is OC/C(I)=C/C=C(/I)CO. The van der Waals surface area contributed by atoms with Crippen LogP contribution in [0.4, 0.5) is 0 Å². The molecule has 0 spiro atoms. The van der Waals surface area contributed by atoms with E-state index < -0.39 is 0 Å². The lowest BCUT2D eigenvalue weighted by molar-refractivity contribution is 0.339. The molecule has 0 atom stereocenters. The monoisotopic (exact) mass is 366 g/mol. The van der Waals surface area contributed by atoms with E-state index in [9.17, 15) is 0 Å². The second-order valence-corrected chi connectivity index (χ2v) is 4.31. The fraction of sp³-hybridized carbons (Fsp3) is 0.333. The topological polar surface area (TPSA) is 40.5 Å². The zero-order valence-electron chi connectivity index (χ0n) is 5.22. The predicted molar refractivity (Wildman–Crippen MR) is 58.4 cm³/mol. The van der Waals surface area contributed by atoms with Gasteiger partial charge in [0, 0.05) is 7.16 Å². The van der Waals surface area contributed by atoms with Crippen molar-refractivity contribution < 1.29 is 10.2 Å². The van der Waals surface area contributed by atoms with Gasteiger partial charge in [-0.05, 0) is 57.3 Å².